The molecule has 6 heteroatoms. The summed E-state index contributed by atoms with van der Waals surface area (Å²) in [5.74, 6) is -0.478. The number of carbonyl (C=O) groups excluding carboxylic acids is 3. The molecule has 0 bridgehead atoms. The normalized spacial score (nSPS) is 21.2. The lowest BCUT2D eigenvalue weighted by Crippen LogP contribution is -2.59. The number of nitrogens with zero attached hydrogens (tertiary/aromatic N) is 2. The molecule has 0 aliphatic carbocycles. The lowest BCUT2D eigenvalue weighted by Gasteiger charge is -2.46. The number of hydrogen-bond acceptors (Lipinski definition) is 4. The maximum absolute atomic E-state index is 12.3. The first-order valence-electron chi connectivity index (χ1n) is 7.94. The molecule has 0 atom stereocenters. The average molecular weight is 330 g/mol. The minimum absolute atomic E-state index is 0.00531. The Hall–Kier alpha value is -2.37. The molecule has 2 heterocycles. The molecule has 2 fully saturated rings. The molecule has 1 aromatic carbocycles. The van der Waals surface area contributed by atoms with Crippen LogP contribution in [0.2, 0.25) is 0 Å². The standard InChI is InChI=1S/C18H22N2O4/c1-17(2)9-19(15(17)22)12-6-11(14(21)24-5)7-13(8-12)20-10-18(3,4)16(20)23/h6-8H,9-10H2,1-5H3. The van der Waals surface area contributed by atoms with Gasteiger partial charge in [-0.05, 0) is 45.9 Å². The number of benzene rings is 1. The second kappa shape index (κ2) is 5.06. The highest BCUT2D eigenvalue weighted by Gasteiger charge is 2.47. The lowest BCUT2D eigenvalue weighted by atomic mass is 9.81. The predicted octanol–water partition coefficient (Wildman–Crippen LogP) is 2.22. The molecule has 3 rings (SSSR count). The van der Waals surface area contributed by atoms with Crippen LogP contribution in [-0.2, 0) is 14.3 Å². The van der Waals surface area contributed by atoms with Crippen LogP contribution in [0.5, 0.6) is 0 Å². The van der Waals surface area contributed by atoms with Crippen LogP contribution in [0, 0.1) is 10.8 Å². The fourth-order valence-electron chi connectivity index (χ4n) is 3.18. The van der Waals surface area contributed by atoms with E-state index in [0.717, 1.165) is 0 Å². The van der Waals surface area contributed by atoms with Gasteiger partial charge in [0, 0.05) is 24.5 Å². The van der Waals surface area contributed by atoms with Crippen LogP contribution < -0.4 is 9.80 Å². The van der Waals surface area contributed by atoms with Gasteiger partial charge in [-0.15, -0.1) is 0 Å². The van der Waals surface area contributed by atoms with Crippen molar-refractivity contribution in [2.24, 2.45) is 10.8 Å². The summed E-state index contributed by atoms with van der Waals surface area (Å²) in [6.07, 6.45) is 0. The highest BCUT2D eigenvalue weighted by Crippen LogP contribution is 2.40. The maximum Gasteiger partial charge on any atom is 0.337 e. The minimum Gasteiger partial charge on any atom is -0.465 e. The molecule has 0 radical (unpaired) electrons. The van der Waals surface area contributed by atoms with Gasteiger partial charge >= 0.3 is 5.97 Å². The smallest absolute Gasteiger partial charge is 0.337 e. The molecule has 0 saturated carbocycles. The fourth-order valence-corrected chi connectivity index (χ4v) is 3.18. The van der Waals surface area contributed by atoms with E-state index in [4.69, 9.17) is 4.74 Å². The van der Waals surface area contributed by atoms with Gasteiger partial charge in [-0.3, -0.25) is 9.59 Å². The van der Waals surface area contributed by atoms with Crippen molar-refractivity contribution in [2.45, 2.75) is 27.7 Å². The van der Waals surface area contributed by atoms with Crippen LogP contribution in [0.25, 0.3) is 0 Å². The zero-order valence-electron chi connectivity index (χ0n) is 14.7. The summed E-state index contributed by atoms with van der Waals surface area (Å²) in [5, 5.41) is 0. The number of carbonyl (C=O) groups is 3. The fraction of sp³-hybridized carbons (Fsp3) is 0.500. The van der Waals surface area contributed by atoms with Crippen LogP contribution >= 0.6 is 0 Å². The van der Waals surface area contributed by atoms with Crippen LogP contribution in [0.4, 0.5) is 11.4 Å². The number of ether oxygens (including phenoxy) is 1. The number of amides is 2. The largest absolute Gasteiger partial charge is 0.465 e. The van der Waals surface area contributed by atoms with Crippen molar-refractivity contribution < 1.29 is 19.1 Å². The van der Waals surface area contributed by atoms with E-state index in [9.17, 15) is 14.4 Å². The average Bonchev–Trinajstić information content (AvgIpc) is 2.55. The van der Waals surface area contributed by atoms with E-state index in [1.54, 1.807) is 28.0 Å². The van der Waals surface area contributed by atoms with Gasteiger partial charge in [0.1, 0.15) is 0 Å². The van der Waals surface area contributed by atoms with E-state index in [2.05, 4.69) is 0 Å². The topological polar surface area (TPSA) is 66.9 Å². The molecule has 0 N–H and O–H groups in total. The van der Waals surface area contributed by atoms with E-state index in [0.29, 0.717) is 30.0 Å². The van der Waals surface area contributed by atoms with Crippen molar-refractivity contribution in [3.63, 3.8) is 0 Å². The summed E-state index contributed by atoms with van der Waals surface area (Å²) in [5.41, 5.74) is 0.788. The SMILES string of the molecule is COC(=O)c1cc(N2CC(C)(C)C2=O)cc(N2CC(C)(C)C2=O)c1. The third-order valence-corrected chi connectivity index (χ3v) is 4.70. The number of esters is 1. The third kappa shape index (κ3) is 2.37. The van der Waals surface area contributed by atoms with E-state index in [1.165, 1.54) is 7.11 Å². The van der Waals surface area contributed by atoms with Gasteiger partial charge in [0.05, 0.1) is 23.5 Å². The molecular weight excluding hydrogens is 308 g/mol. The maximum atomic E-state index is 12.3. The quantitative estimate of drug-likeness (QED) is 0.629. The number of anilines is 2. The molecule has 128 valence electrons. The molecule has 6 nitrogen and oxygen atoms in total. The first-order chi connectivity index (χ1) is 11.1. The summed E-state index contributed by atoms with van der Waals surface area (Å²) < 4.78 is 4.80. The van der Waals surface area contributed by atoms with Crippen LogP contribution in [0.1, 0.15) is 38.1 Å². The first-order valence-corrected chi connectivity index (χ1v) is 7.94. The Morgan fingerprint density at radius 2 is 1.33 bits per heavy atom. The summed E-state index contributed by atoms with van der Waals surface area (Å²) in [6.45, 7) is 8.71. The zero-order valence-corrected chi connectivity index (χ0v) is 14.7. The monoisotopic (exact) mass is 330 g/mol. The molecule has 2 aliphatic rings. The van der Waals surface area contributed by atoms with Crippen LogP contribution in [0.15, 0.2) is 18.2 Å². The summed E-state index contributed by atoms with van der Waals surface area (Å²) in [7, 11) is 1.31. The van der Waals surface area contributed by atoms with Crippen molar-refractivity contribution in [2.75, 3.05) is 30.0 Å². The Morgan fingerprint density at radius 3 is 1.62 bits per heavy atom. The van der Waals surface area contributed by atoms with Gasteiger partial charge in [0.25, 0.3) is 0 Å². The molecule has 2 saturated heterocycles. The predicted molar refractivity (Wildman–Crippen MR) is 90.0 cm³/mol. The highest BCUT2D eigenvalue weighted by atomic mass is 16.5. The van der Waals surface area contributed by atoms with Crippen LogP contribution in [0.3, 0.4) is 0 Å². The van der Waals surface area contributed by atoms with Gasteiger partial charge in [-0.25, -0.2) is 4.79 Å². The van der Waals surface area contributed by atoms with Gasteiger partial charge < -0.3 is 14.5 Å². The Labute approximate surface area is 141 Å². The van der Waals surface area contributed by atoms with E-state index in [-0.39, 0.29) is 11.8 Å². The van der Waals surface area contributed by atoms with Crippen LogP contribution in [-0.4, -0.2) is 38.0 Å². The second-order valence-corrected chi connectivity index (χ2v) is 7.78. The molecule has 0 spiro atoms. The van der Waals surface area contributed by atoms with E-state index < -0.39 is 16.8 Å². The van der Waals surface area contributed by atoms with Crippen molar-refractivity contribution in [1.82, 2.24) is 0 Å². The Balaban J connectivity index is 1.98. The van der Waals surface area contributed by atoms with Crippen molar-refractivity contribution >= 4 is 29.2 Å². The van der Waals surface area contributed by atoms with Crippen molar-refractivity contribution in [3.8, 4) is 0 Å². The third-order valence-electron chi connectivity index (χ3n) is 4.70. The first kappa shape index (κ1) is 16.5. The molecule has 0 aromatic heterocycles. The van der Waals surface area contributed by atoms with Crippen molar-refractivity contribution in [1.29, 1.82) is 0 Å². The molecule has 2 aliphatic heterocycles. The number of hydrogen-bond donors (Lipinski definition) is 0. The molecule has 2 amide bonds. The molecule has 1 aromatic rings. The van der Waals surface area contributed by atoms with E-state index in [1.807, 2.05) is 27.7 Å². The summed E-state index contributed by atoms with van der Waals surface area (Å²) in [6, 6.07) is 5.06. The molecule has 0 unspecified atom stereocenters. The van der Waals surface area contributed by atoms with Gasteiger partial charge in [0.15, 0.2) is 0 Å². The Kier molecular flexibility index (Phi) is 3.48. The second-order valence-electron chi connectivity index (χ2n) is 7.78. The highest BCUT2D eigenvalue weighted by molar-refractivity contribution is 6.08. The lowest BCUT2D eigenvalue weighted by molar-refractivity contribution is -0.133. The minimum atomic E-state index is -0.488. The molecular formula is C18H22N2O4. The number of rotatable bonds is 3. The van der Waals surface area contributed by atoms with Gasteiger partial charge in [-0.1, -0.05) is 0 Å². The summed E-state index contributed by atoms with van der Waals surface area (Å²) in [4.78, 5) is 39.8. The van der Waals surface area contributed by atoms with Gasteiger partial charge in [-0.2, -0.15) is 0 Å². The Bertz CT molecular complexity index is 699. The zero-order chi connectivity index (χ0) is 17.9. The van der Waals surface area contributed by atoms with Gasteiger partial charge in [0.2, 0.25) is 11.8 Å². The number of methoxy groups -OCH3 is 1. The summed E-state index contributed by atoms with van der Waals surface area (Å²) >= 11 is 0. The van der Waals surface area contributed by atoms with Crippen molar-refractivity contribution in [3.05, 3.63) is 23.8 Å². The molecule has 24 heavy (non-hydrogen) atoms. The Morgan fingerprint density at radius 1 is 0.917 bits per heavy atom. The van der Waals surface area contributed by atoms with E-state index >= 15 is 0 Å². The number of β-lactam (4-membered cyclic amide) rings is 2.